The molecule has 1 aromatic heterocycles. The average Bonchev–Trinajstić information content (AvgIpc) is 2.95. The normalized spacial score (nSPS) is 11.4. The molecule has 0 amide bonds. The van der Waals surface area contributed by atoms with E-state index >= 15 is 0 Å². The summed E-state index contributed by atoms with van der Waals surface area (Å²) in [5.74, 6) is 0. The van der Waals surface area contributed by atoms with E-state index in [2.05, 4.69) is 48.5 Å². The van der Waals surface area contributed by atoms with Crippen LogP contribution >= 0.6 is 18.9 Å². The van der Waals surface area contributed by atoms with E-state index in [1.165, 1.54) is 26.2 Å². The molecule has 0 unspecified atom stereocenters. The minimum Gasteiger partial charge on any atom is -0.321 e. The second-order valence-electron chi connectivity index (χ2n) is 5.86. The van der Waals surface area contributed by atoms with Crippen molar-refractivity contribution in [3.05, 3.63) is 77.9 Å². The molecule has 0 aliphatic rings. The minimum atomic E-state index is -4.08. The van der Waals surface area contributed by atoms with E-state index in [0.717, 1.165) is 5.56 Å². The van der Waals surface area contributed by atoms with Crippen molar-refractivity contribution in [3.63, 3.8) is 0 Å². The van der Waals surface area contributed by atoms with Gasteiger partial charge in [-0.25, -0.2) is 0 Å². The third kappa shape index (κ3) is 3.83. The zero-order valence-corrected chi connectivity index (χ0v) is 15.7. The molecule has 0 saturated heterocycles. The van der Waals surface area contributed by atoms with Gasteiger partial charge in [-0.1, -0.05) is 48.5 Å². The maximum atomic E-state index is 10.9. The van der Waals surface area contributed by atoms with Crippen molar-refractivity contribution in [3.8, 4) is 0 Å². The van der Waals surface area contributed by atoms with Gasteiger partial charge < -0.3 is 9.79 Å². The molecule has 0 spiro atoms. The summed E-state index contributed by atoms with van der Waals surface area (Å²) < 4.78 is 13.7. The van der Waals surface area contributed by atoms with Gasteiger partial charge in [0.2, 0.25) is 0 Å². The van der Waals surface area contributed by atoms with Crippen LogP contribution in [0.25, 0.3) is 20.2 Å². The van der Waals surface area contributed by atoms with Gasteiger partial charge in [0.15, 0.2) is 0 Å². The molecule has 1 heterocycles. The first-order chi connectivity index (χ1) is 11.9. The van der Waals surface area contributed by atoms with Gasteiger partial charge in [0, 0.05) is 20.2 Å². The fourth-order valence-corrected chi connectivity index (χ4v) is 4.73. The molecule has 0 fully saturated rings. The lowest BCUT2D eigenvalue weighted by Gasteiger charge is -2.08. The van der Waals surface area contributed by atoms with Crippen molar-refractivity contribution in [2.45, 2.75) is 13.8 Å². The summed E-state index contributed by atoms with van der Waals surface area (Å²) in [6, 6.07) is 22.1. The number of hydrogen-bond acceptors (Lipinski definition) is 2. The van der Waals surface area contributed by atoms with Crippen LogP contribution in [0.15, 0.2) is 66.7 Å². The van der Waals surface area contributed by atoms with Crippen LogP contribution in [-0.4, -0.2) is 9.79 Å². The molecule has 4 rings (SSSR count). The maximum Gasteiger partial charge on any atom is 0.356 e. The molecular weight excluding hydrogens is 351 g/mol. The van der Waals surface area contributed by atoms with Crippen molar-refractivity contribution in [1.29, 1.82) is 0 Å². The predicted octanol–water partition coefficient (Wildman–Crippen LogP) is 5.16. The van der Waals surface area contributed by atoms with E-state index in [0.29, 0.717) is 5.56 Å². The van der Waals surface area contributed by atoms with Crippen molar-refractivity contribution in [2.75, 3.05) is 0 Å². The number of rotatable bonds is 1. The Morgan fingerprint density at radius 3 is 1.76 bits per heavy atom. The second kappa shape index (κ2) is 7.11. The third-order valence-electron chi connectivity index (χ3n) is 4.17. The highest BCUT2D eigenvalue weighted by Gasteiger charge is 2.19. The topological polar surface area (TPSA) is 57.5 Å². The Kier molecular flexibility index (Phi) is 5.07. The van der Waals surface area contributed by atoms with E-state index in [1.807, 2.05) is 24.3 Å². The summed E-state index contributed by atoms with van der Waals surface area (Å²) in [4.78, 5) is 17.8. The molecule has 0 atom stereocenters. The third-order valence-corrected chi connectivity index (χ3v) is 6.44. The molecule has 0 radical (unpaired) electrons. The highest BCUT2D eigenvalue weighted by atomic mass is 32.1. The van der Waals surface area contributed by atoms with Gasteiger partial charge >= 0.3 is 7.60 Å². The van der Waals surface area contributed by atoms with Crippen molar-refractivity contribution < 1.29 is 14.4 Å². The van der Waals surface area contributed by atoms with Crippen LogP contribution in [0.3, 0.4) is 0 Å². The molecule has 0 bridgehead atoms. The van der Waals surface area contributed by atoms with Crippen LogP contribution in [-0.2, 0) is 4.57 Å². The number of thiophene rings is 1. The fraction of sp³-hybridized carbons (Fsp3) is 0.100. The molecule has 3 nitrogen and oxygen atoms in total. The number of aryl methyl sites for hydroxylation is 1. The van der Waals surface area contributed by atoms with E-state index in [1.54, 1.807) is 13.0 Å². The summed E-state index contributed by atoms with van der Waals surface area (Å²) in [6.07, 6.45) is 0. The highest BCUT2D eigenvalue weighted by Crippen LogP contribution is 2.35. The van der Waals surface area contributed by atoms with Gasteiger partial charge in [0.25, 0.3) is 0 Å². The lowest BCUT2D eigenvalue weighted by atomic mass is 10.1. The van der Waals surface area contributed by atoms with E-state index in [-0.39, 0.29) is 5.30 Å². The van der Waals surface area contributed by atoms with Gasteiger partial charge in [0.1, 0.15) is 0 Å². The fourth-order valence-electron chi connectivity index (χ4n) is 2.73. The Morgan fingerprint density at radius 1 is 0.760 bits per heavy atom. The molecule has 0 saturated carbocycles. The Balaban J connectivity index is 0.000000147. The Morgan fingerprint density at radius 2 is 1.28 bits per heavy atom. The largest absolute Gasteiger partial charge is 0.356 e. The van der Waals surface area contributed by atoms with Crippen LogP contribution in [0, 0.1) is 13.8 Å². The number of hydrogen-bond donors (Lipinski definition) is 2. The van der Waals surface area contributed by atoms with Gasteiger partial charge in [-0.15, -0.1) is 11.3 Å². The molecular formula is C20H19O3PS. The SMILES string of the molecule is Cc1cccc(P(=O)(O)O)c1C.c1ccc2c(c1)sc1ccccc12. The van der Waals surface area contributed by atoms with E-state index in [4.69, 9.17) is 9.79 Å². The monoisotopic (exact) mass is 370 g/mol. The van der Waals surface area contributed by atoms with Gasteiger partial charge in [0.05, 0.1) is 5.30 Å². The average molecular weight is 370 g/mol. The van der Waals surface area contributed by atoms with Crippen LogP contribution in [0.5, 0.6) is 0 Å². The van der Waals surface area contributed by atoms with Crippen LogP contribution in [0.4, 0.5) is 0 Å². The predicted molar refractivity (Wildman–Crippen MR) is 107 cm³/mol. The Labute approximate surface area is 150 Å². The Hall–Kier alpha value is -1.97. The summed E-state index contributed by atoms with van der Waals surface area (Å²) in [5.41, 5.74) is 1.57. The van der Waals surface area contributed by atoms with Gasteiger partial charge in [-0.05, 0) is 43.2 Å². The molecule has 25 heavy (non-hydrogen) atoms. The van der Waals surface area contributed by atoms with E-state index in [9.17, 15) is 4.57 Å². The molecule has 4 aromatic rings. The lowest BCUT2D eigenvalue weighted by molar-refractivity contribution is 0.387. The second-order valence-corrected chi connectivity index (χ2v) is 8.51. The highest BCUT2D eigenvalue weighted by molar-refractivity contribution is 7.60. The van der Waals surface area contributed by atoms with Crippen LogP contribution < -0.4 is 5.30 Å². The molecule has 2 N–H and O–H groups in total. The molecule has 0 aliphatic heterocycles. The van der Waals surface area contributed by atoms with Gasteiger partial charge in [-0.3, -0.25) is 4.57 Å². The smallest absolute Gasteiger partial charge is 0.321 e. The van der Waals surface area contributed by atoms with Crippen molar-refractivity contribution in [2.24, 2.45) is 0 Å². The quantitative estimate of drug-likeness (QED) is 0.455. The molecule has 3 aromatic carbocycles. The van der Waals surface area contributed by atoms with Crippen molar-refractivity contribution in [1.82, 2.24) is 0 Å². The first kappa shape index (κ1) is 17.8. The summed E-state index contributed by atoms with van der Waals surface area (Å²) >= 11 is 1.86. The van der Waals surface area contributed by atoms with Gasteiger partial charge in [-0.2, -0.15) is 0 Å². The summed E-state index contributed by atoms with van der Waals surface area (Å²) in [5, 5.41) is 2.88. The van der Waals surface area contributed by atoms with E-state index < -0.39 is 7.60 Å². The maximum absolute atomic E-state index is 10.9. The zero-order chi connectivity index (χ0) is 18.0. The lowest BCUT2D eigenvalue weighted by Crippen LogP contribution is -2.08. The molecule has 5 heteroatoms. The van der Waals surface area contributed by atoms with Crippen LogP contribution in [0.1, 0.15) is 11.1 Å². The molecule has 0 aliphatic carbocycles. The number of fused-ring (bicyclic) bond motifs is 3. The summed E-state index contributed by atoms with van der Waals surface area (Å²) in [7, 11) is -4.08. The zero-order valence-electron chi connectivity index (χ0n) is 14.0. The van der Waals surface area contributed by atoms with Crippen molar-refractivity contribution >= 4 is 44.4 Å². The first-order valence-corrected chi connectivity index (χ1v) is 10.3. The number of benzene rings is 3. The standard InChI is InChI=1S/C12H8S.C8H11O3P/c1-3-7-11-9(5-1)10-6-2-4-8-12(10)13-11;1-6-4-3-5-8(7(6)2)12(9,10)11/h1-8H;3-5H,1-2H3,(H2,9,10,11). The Bertz CT molecular complexity index is 1030. The summed E-state index contributed by atoms with van der Waals surface area (Å²) in [6.45, 7) is 3.54. The van der Waals surface area contributed by atoms with Crippen LogP contribution in [0.2, 0.25) is 0 Å². The molecule has 128 valence electrons. The minimum absolute atomic E-state index is 0.127. The first-order valence-electron chi connectivity index (χ1n) is 7.86.